The van der Waals surface area contributed by atoms with Gasteiger partial charge in [-0.3, -0.25) is 29.5 Å². The summed E-state index contributed by atoms with van der Waals surface area (Å²) in [4.78, 5) is 75.4. The third-order valence-corrected chi connectivity index (χ3v) is 4.88. The Labute approximate surface area is 228 Å². The number of H-pyrrole nitrogens is 1. The number of rotatable bonds is 12. The van der Waals surface area contributed by atoms with E-state index < -0.39 is 65.1 Å². The summed E-state index contributed by atoms with van der Waals surface area (Å²) in [6, 6.07) is -3.86. The number of fused-ring (bicyclic) bond motifs is 1. The Morgan fingerprint density at radius 2 is 1.79 bits per heavy atom. The molecule has 0 aliphatic rings. The van der Waals surface area contributed by atoms with Crippen LogP contribution in [0.4, 0.5) is 11.6 Å². The molecule has 3 rings (SSSR count). The van der Waals surface area contributed by atoms with Gasteiger partial charge >= 0.3 is 11.9 Å². The highest BCUT2D eigenvalue weighted by atomic mass is 16.5. The molecule has 2 amide bonds. The lowest BCUT2D eigenvalue weighted by Gasteiger charge is -2.17. The van der Waals surface area contributed by atoms with E-state index in [1.54, 1.807) is 13.8 Å². The third kappa shape index (κ3) is 8.31. The highest BCUT2D eigenvalue weighted by Crippen LogP contribution is 2.13. The van der Waals surface area contributed by atoms with Crippen molar-refractivity contribution in [2.45, 2.75) is 46.2 Å². The van der Waals surface area contributed by atoms with Crippen molar-refractivity contribution in [1.29, 1.82) is 0 Å². The molecule has 2 aromatic heterocycles. The van der Waals surface area contributed by atoms with Crippen LogP contribution in [0, 0.1) is 0 Å². The highest BCUT2D eigenvalue weighted by molar-refractivity contribution is 5.97. The molecule has 0 aliphatic carbocycles. The number of esters is 2. The van der Waals surface area contributed by atoms with Crippen LogP contribution < -0.4 is 21.5 Å². The Bertz CT molecular complexity index is 1600. The number of hydrogen-bond donors (Lipinski definition) is 4. The predicted octanol–water partition coefficient (Wildman–Crippen LogP) is 1.29. The summed E-state index contributed by atoms with van der Waals surface area (Å²) in [5, 5.41) is 7.40. The molecule has 1 aromatic carbocycles. The molecule has 2 heterocycles. The maximum absolute atomic E-state index is 13.1. The van der Waals surface area contributed by atoms with Crippen molar-refractivity contribution in [1.82, 2.24) is 25.3 Å². The van der Waals surface area contributed by atoms with E-state index in [0.29, 0.717) is 0 Å². The Morgan fingerprint density at radius 1 is 1.08 bits per heavy atom. The number of amides is 2. The molecule has 1 unspecified atom stereocenters. The molecule has 4 N–H and O–H groups in total. The summed E-state index contributed by atoms with van der Waals surface area (Å²) in [7, 11) is 0. The predicted molar refractivity (Wildman–Crippen MR) is 140 cm³/mol. The number of carbonyl (C=O) groups excluding carboxylic acids is 4. The van der Waals surface area contributed by atoms with Gasteiger partial charge in [0.1, 0.15) is 6.04 Å². The van der Waals surface area contributed by atoms with Crippen molar-refractivity contribution in [2.75, 3.05) is 23.8 Å². The molecule has 1 atom stereocenters. The zero-order chi connectivity index (χ0) is 31.8. The third-order valence-electron chi connectivity index (χ3n) is 4.88. The first-order chi connectivity index (χ1) is 20.4. The van der Waals surface area contributed by atoms with E-state index >= 15 is 0 Å². The largest absolute Gasteiger partial charge is 0.466 e. The van der Waals surface area contributed by atoms with Gasteiger partial charge in [0.05, 0.1) is 37.1 Å². The van der Waals surface area contributed by atoms with Crippen LogP contribution in [0.15, 0.2) is 35.2 Å². The molecule has 0 aliphatic heterocycles. The zero-order valence-electron chi connectivity index (χ0n) is 25.4. The van der Waals surface area contributed by atoms with Gasteiger partial charge in [-0.15, -0.1) is 0 Å². The Kier molecular flexibility index (Phi) is 8.11. The van der Waals surface area contributed by atoms with Crippen LogP contribution >= 0.6 is 0 Å². The van der Waals surface area contributed by atoms with Crippen LogP contribution in [-0.4, -0.2) is 62.9 Å². The van der Waals surface area contributed by atoms with Gasteiger partial charge in [0.2, 0.25) is 11.9 Å². The molecule has 0 radical (unpaired) electrons. The normalized spacial score (nSPS) is 12.8. The number of hydrogen-bond acceptors (Lipinski definition) is 11. The van der Waals surface area contributed by atoms with E-state index in [-0.39, 0.29) is 61.1 Å². The van der Waals surface area contributed by atoms with E-state index in [2.05, 4.69) is 35.9 Å². The van der Waals surface area contributed by atoms with Gasteiger partial charge in [0, 0.05) is 24.6 Å². The summed E-state index contributed by atoms with van der Waals surface area (Å²) in [5.74, 6) is -3.07. The average Bonchev–Trinajstić information content (AvgIpc) is 2.94. The number of benzene rings is 1. The van der Waals surface area contributed by atoms with Gasteiger partial charge in [0.25, 0.3) is 11.5 Å². The molecular formula is C25H29N7O7. The summed E-state index contributed by atoms with van der Waals surface area (Å²) >= 11 is 0. The molecule has 14 nitrogen and oxygen atoms in total. The number of carbonyl (C=O) groups is 4. The molecule has 14 heteroatoms. The second-order valence-corrected chi connectivity index (χ2v) is 7.85. The number of ether oxygens (including phenoxy) is 2. The smallest absolute Gasteiger partial charge is 0.328 e. The van der Waals surface area contributed by atoms with Gasteiger partial charge < -0.3 is 20.1 Å². The minimum Gasteiger partial charge on any atom is -0.466 e. The van der Waals surface area contributed by atoms with E-state index in [1.165, 1.54) is 13.1 Å². The molecule has 0 bridgehead atoms. The minimum absolute atomic E-state index is 0.00328. The van der Waals surface area contributed by atoms with Crippen LogP contribution in [0.5, 0.6) is 0 Å². The lowest BCUT2D eigenvalue weighted by molar-refractivity contribution is -0.146. The lowest BCUT2D eigenvalue weighted by atomic mass is 10.1. The first-order valence-corrected chi connectivity index (χ1v) is 11.9. The fraction of sp³-hybridized carbons (Fsp3) is 0.360. The first-order valence-electron chi connectivity index (χ1n) is 13.9. The fourth-order valence-corrected chi connectivity index (χ4v) is 3.18. The van der Waals surface area contributed by atoms with Crippen molar-refractivity contribution in [3.63, 3.8) is 0 Å². The van der Waals surface area contributed by atoms with Crippen molar-refractivity contribution in [2.24, 2.45) is 0 Å². The molecule has 0 spiro atoms. The van der Waals surface area contributed by atoms with E-state index in [1.807, 2.05) is 0 Å². The van der Waals surface area contributed by atoms with Gasteiger partial charge in [-0.25, -0.2) is 14.8 Å². The SMILES string of the molecule is [2H]c1c([2H])c(C(=O)NC(CCC(=O)OCC)C(=O)OCC)c([2H])c([2H])c1NCc1cnc2nc(NC(C)=O)[nH]c(=O)c2n1. The van der Waals surface area contributed by atoms with Crippen LogP contribution in [-0.2, 0) is 30.4 Å². The standard InChI is InChI=1S/C25H29N7O7/c1-4-38-19(34)11-10-18(24(37)39-5-2)30-22(35)15-6-8-16(9-7-15)26-12-17-13-27-21-20(29-17)23(36)32-25(31-21)28-14(3)33/h6-9,13,18,26H,4-5,10-12H2,1-3H3,(H,30,35)(H2,27,28,31,32,33,36)/i6D,7D,8D,9D. The van der Waals surface area contributed by atoms with Crippen LogP contribution in [0.1, 0.15) is 55.1 Å². The van der Waals surface area contributed by atoms with Gasteiger partial charge in [-0.2, -0.15) is 4.98 Å². The number of nitrogens with one attached hydrogen (secondary N) is 4. The van der Waals surface area contributed by atoms with Crippen LogP contribution in [0.2, 0.25) is 0 Å². The maximum Gasteiger partial charge on any atom is 0.328 e. The maximum atomic E-state index is 13.1. The first kappa shape index (κ1) is 23.3. The molecular weight excluding hydrogens is 510 g/mol. The Balaban J connectivity index is 1.84. The number of nitrogens with zero attached hydrogens (tertiary/aromatic N) is 3. The van der Waals surface area contributed by atoms with Crippen LogP contribution in [0.3, 0.4) is 0 Å². The number of aromatic amines is 1. The Hall–Kier alpha value is -4.88. The Morgan fingerprint density at radius 3 is 2.46 bits per heavy atom. The van der Waals surface area contributed by atoms with Gasteiger partial charge in [-0.1, -0.05) is 0 Å². The molecule has 0 saturated heterocycles. The van der Waals surface area contributed by atoms with Crippen molar-refractivity contribution in [3.8, 4) is 0 Å². The summed E-state index contributed by atoms with van der Waals surface area (Å²) in [6.07, 6.45) is 0.875. The topological polar surface area (TPSA) is 194 Å². The summed E-state index contributed by atoms with van der Waals surface area (Å²) < 4.78 is 43.2. The van der Waals surface area contributed by atoms with E-state index in [9.17, 15) is 24.0 Å². The fourth-order valence-electron chi connectivity index (χ4n) is 3.18. The van der Waals surface area contributed by atoms with E-state index in [4.69, 9.17) is 15.0 Å². The second-order valence-electron chi connectivity index (χ2n) is 7.85. The minimum atomic E-state index is -1.31. The van der Waals surface area contributed by atoms with Gasteiger partial charge in [0.15, 0.2) is 11.2 Å². The molecule has 0 fully saturated rings. The summed E-state index contributed by atoms with van der Waals surface area (Å²) in [5.41, 5.74) is -1.55. The quantitative estimate of drug-likeness (QED) is 0.240. The highest BCUT2D eigenvalue weighted by Gasteiger charge is 2.24. The van der Waals surface area contributed by atoms with Crippen LogP contribution in [0.25, 0.3) is 11.2 Å². The van der Waals surface area contributed by atoms with Crippen molar-refractivity contribution < 1.29 is 34.1 Å². The molecule has 3 aromatic rings. The molecule has 206 valence electrons. The second kappa shape index (κ2) is 13.6. The van der Waals surface area contributed by atoms with Crippen molar-refractivity contribution >= 4 is 46.6 Å². The average molecular weight is 544 g/mol. The van der Waals surface area contributed by atoms with Crippen molar-refractivity contribution in [3.05, 3.63) is 52.0 Å². The van der Waals surface area contributed by atoms with E-state index in [0.717, 1.165) is 0 Å². The molecule has 0 saturated carbocycles. The number of anilines is 2. The number of aromatic nitrogens is 4. The lowest BCUT2D eigenvalue weighted by Crippen LogP contribution is -2.42. The monoisotopic (exact) mass is 543 g/mol. The zero-order valence-corrected chi connectivity index (χ0v) is 21.4. The van der Waals surface area contributed by atoms with Gasteiger partial charge in [-0.05, 0) is 44.4 Å². The summed E-state index contributed by atoms with van der Waals surface area (Å²) in [6.45, 7) is 4.35. The molecule has 39 heavy (non-hydrogen) atoms.